The third kappa shape index (κ3) is 4.09. The number of nitrogens with zero attached hydrogens (tertiary/aromatic N) is 1. The summed E-state index contributed by atoms with van der Waals surface area (Å²) in [6, 6.07) is 12.5. The van der Waals surface area contributed by atoms with Crippen molar-refractivity contribution in [3.05, 3.63) is 58.6 Å². The largest absolute Gasteiger partial charge is 0.312 e. The number of anilines is 1. The zero-order valence-corrected chi connectivity index (χ0v) is 17.1. The van der Waals surface area contributed by atoms with E-state index in [1.54, 1.807) is 41.3 Å². The highest BCUT2D eigenvalue weighted by Crippen LogP contribution is 2.27. The minimum Gasteiger partial charge on any atom is -0.312 e. The van der Waals surface area contributed by atoms with Crippen molar-refractivity contribution in [1.82, 2.24) is 4.72 Å². The van der Waals surface area contributed by atoms with Gasteiger partial charge in [0.1, 0.15) is 0 Å². The lowest BCUT2D eigenvalue weighted by molar-refractivity contribution is -0.117. The summed E-state index contributed by atoms with van der Waals surface area (Å²) in [4.78, 5) is 14.3. The highest BCUT2D eigenvalue weighted by atomic mass is 35.5. The zero-order valence-electron chi connectivity index (χ0n) is 15.5. The van der Waals surface area contributed by atoms with Gasteiger partial charge in [-0.15, -0.1) is 0 Å². The molecule has 0 radical (unpaired) electrons. The van der Waals surface area contributed by atoms with E-state index in [9.17, 15) is 13.2 Å². The van der Waals surface area contributed by atoms with E-state index >= 15 is 0 Å². The molecule has 1 aliphatic carbocycles. The van der Waals surface area contributed by atoms with E-state index in [2.05, 4.69) is 4.72 Å². The van der Waals surface area contributed by atoms with Crippen LogP contribution < -0.4 is 9.62 Å². The zero-order chi connectivity index (χ0) is 19.7. The Kier molecular flexibility index (Phi) is 5.45. The van der Waals surface area contributed by atoms with Crippen LogP contribution >= 0.6 is 11.6 Å². The van der Waals surface area contributed by atoms with Gasteiger partial charge in [-0.25, -0.2) is 13.1 Å². The van der Waals surface area contributed by atoms with Crippen molar-refractivity contribution in [3.63, 3.8) is 0 Å². The van der Waals surface area contributed by atoms with E-state index in [1.807, 2.05) is 6.07 Å². The van der Waals surface area contributed by atoms with Crippen molar-refractivity contribution in [1.29, 1.82) is 0 Å². The smallest absolute Gasteiger partial charge is 0.240 e. The monoisotopic (exact) mass is 418 g/mol. The number of hydrogen-bond acceptors (Lipinski definition) is 3. The van der Waals surface area contributed by atoms with Crippen LogP contribution in [0.4, 0.5) is 5.69 Å². The topological polar surface area (TPSA) is 66.5 Å². The average molecular weight is 419 g/mol. The Hall–Kier alpha value is -1.89. The summed E-state index contributed by atoms with van der Waals surface area (Å²) in [5, 5.41) is 0.616. The van der Waals surface area contributed by atoms with Crippen molar-refractivity contribution < 1.29 is 13.2 Å². The lowest BCUT2D eigenvalue weighted by atomic mass is 9.92. The van der Waals surface area contributed by atoms with Crippen LogP contribution in [0, 0.1) is 5.92 Å². The van der Waals surface area contributed by atoms with E-state index in [0.29, 0.717) is 22.9 Å². The van der Waals surface area contributed by atoms with Crippen molar-refractivity contribution in [2.24, 2.45) is 5.92 Å². The molecular weight excluding hydrogens is 396 g/mol. The van der Waals surface area contributed by atoms with Gasteiger partial charge in [0.25, 0.3) is 0 Å². The van der Waals surface area contributed by atoms with Crippen molar-refractivity contribution >= 4 is 33.2 Å². The van der Waals surface area contributed by atoms with E-state index in [-0.39, 0.29) is 18.4 Å². The quantitative estimate of drug-likeness (QED) is 0.807. The van der Waals surface area contributed by atoms with Gasteiger partial charge in [-0.3, -0.25) is 4.79 Å². The molecule has 1 amide bonds. The fourth-order valence-electron chi connectivity index (χ4n) is 3.98. The Morgan fingerprint density at radius 1 is 1.04 bits per heavy atom. The predicted octanol–water partition coefficient (Wildman–Crippen LogP) is 3.55. The molecule has 7 heteroatoms. The van der Waals surface area contributed by atoms with Gasteiger partial charge < -0.3 is 4.90 Å². The second-order valence-corrected chi connectivity index (χ2v) is 9.74. The Morgan fingerprint density at radius 2 is 1.75 bits per heavy atom. The van der Waals surface area contributed by atoms with Gasteiger partial charge in [0.2, 0.25) is 15.9 Å². The highest BCUT2D eigenvalue weighted by Gasteiger charge is 2.31. The number of fused-ring (bicyclic) bond motifs is 1. The maximum atomic E-state index is 12.7. The lowest BCUT2D eigenvalue weighted by Gasteiger charge is -2.18. The van der Waals surface area contributed by atoms with E-state index in [0.717, 1.165) is 36.9 Å². The van der Waals surface area contributed by atoms with Crippen LogP contribution in [0.1, 0.15) is 30.4 Å². The predicted molar refractivity (Wildman–Crippen MR) is 110 cm³/mol. The molecule has 1 atom stereocenters. The van der Waals surface area contributed by atoms with E-state index in [1.165, 1.54) is 5.56 Å². The molecule has 148 valence electrons. The minimum absolute atomic E-state index is 0.000279. The van der Waals surface area contributed by atoms with Gasteiger partial charge in [0, 0.05) is 30.2 Å². The first-order valence-corrected chi connectivity index (χ1v) is 11.5. The maximum Gasteiger partial charge on any atom is 0.240 e. The van der Waals surface area contributed by atoms with Crippen LogP contribution in [-0.4, -0.2) is 27.4 Å². The van der Waals surface area contributed by atoms with Crippen LogP contribution in [0.15, 0.2) is 47.4 Å². The third-order valence-corrected chi connectivity index (χ3v) is 7.21. The number of hydrogen-bond donors (Lipinski definition) is 1. The summed E-state index contributed by atoms with van der Waals surface area (Å²) < 4.78 is 28.1. The van der Waals surface area contributed by atoms with E-state index < -0.39 is 10.0 Å². The van der Waals surface area contributed by atoms with Crippen molar-refractivity contribution in [3.8, 4) is 0 Å². The summed E-state index contributed by atoms with van der Waals surface area (Å²) in [5.74, 6) is -0.0594. The number of halogens is 1. The van der Waals surface area contributed by atoms with Crippen molar-refractivity contribution in [2.75, 3.05) is 18.0 Å². The van der Waals surface area contributed by atoms with Crippen molar-refractivity contribution in [2.45, 2.75) is 37.0 Å². The molecule has 0 saturated carbocycles. The van der Waals surface area contributed by atoms with Gasteiger partial charge in [0.05, 0.1) is 4.90 Å². The minimum atomic E-state index is -3.58. The molecule has 1 fully saturated rings. The van der Waals surface area contributed by atoms with Crippen LogP contribution in [0.2, 0.25) is 5.02 Å². The molecule has 2 aliphatic rings. The van der Waals surface area contributed by atoms with Crippen LogP contribution in [0.5, 0.6) is 0 Å². The van der Waals surface area contributed by atoms with Gasteiger partial charge >= 0.3 is 0 Å². The Balaban J connectivity index is 1.41. The Bertz CT molecular complexity index is 989. The molecule has 1 heterocycles. The molecule has 4 rings (SSSR count). The molecule has 1 saturated heterocycles. The van der Waals surface area contributed by atoms with Crippen LogP contribution in [-0.2, 0) is 27.7 Å². The molecule has 2 aromatic carbocycles. The number of carbonyl (C=O) groups excluding carboxylic acids is 1. The second-order valence-electron chi connectivity index (χ2n) is 7.54. The molecule has 0 bridgehead atoms. The number of nitrogens with one attached hydrogen (secondary N) is 1. The first kappa shape index (κ1) is 19.4. The van der Waals surface area contributed by atoms with Gasteiger partial charge in [-0.1, -0.05) is 17.7 Å². The first-order chi connectivity index (χ1) is 13.4. The molecular formula is C21H23ClN2O3S. The van der Waals surface area contributed by atoms with Gasteiger partial charge in [-0.2, -0.15) is 0 Å². The fourth-order valence-corrected chi connectivity index (χ4v) is 5.27. The SMILES string of the molecule is O=C1CC(CNS(=O)(=O)c2ccc3c(c2)CCCC3)CN1c1ccc(Cl)cc1. The number of carbonyl (C=O) groups is 1. The standard InChI is InChI=1S/C21H23ClN2O3S/c22-18-6-8-19(9-7-18)24-14-15(11-21(24)25)13-23-28(26,27)20-10-5-16-3-1-2-4-17(16)12-20/h5-10,12,15,23H,1-4,11,13-14H2. The number of aryl methyl sites for hydroxylation is 2. The van der Waals surface area contributed by atoms with Gasteiger partial charge in [0.15, 0.2) is 0 Å². The molecule has 0 aromatic heterocycles. The fraction of sp³-hybridized carbons (Fsp3) is 0.381. The summed E-state index contributed by atoms with van der Waals surface area (Å²) in [6.07, 6.45) is 4.56. The summed E-state index contributed by atoms with van der Waals surface area (Å²) in [5.41, 5.74) is 3.18. The molecule has 1 unspecified atom stereocenters. The molecule has 0 spiro atoms. The van der Waals surface area contributed by atoms with Gasteiger partial charge in [-0.05, 0) is 79.1 Å². The molecule has 2 aromatic rings. The first-order valence-electron chi connectivity index (χ1n) is 9.60. The van der Waals surface area contributed by atoms with E-state index in [4.69, 9.17) is 11.6 Å². The third-order valence-electron chi connectivity index (χ3n) is 5.54. The normalized spacial score (nSPS) is 19.7. The number of amides is 1. The summed E-state index contributed by atoms with van der Waals surface area (Å²) in [7, 11) is -3.58. The Morgan fingerprint density at radius 3 is 2.50 bits per heavy atom. The molecule has 5 nitrogen and oxygen atoms in total. The lowest BCUT2D eigenvalue weighted by Crippen LogP contribution is -2.31. The Labute approximate surface area is 170 Å². The van der Waals surface area contributed by atoms with Crippen LogP contribution in [0.3, 0.4) is 0 Å². The average Bonchev–Trinajstić information content (AvgIpc) is 3.07. The second kappa shape index (κ2) is 7.85. The number of benzene rings is 2. The highest BCUT2D eigenvalue weighted by molar-refractivity contribution is 7.89. The van der Waals surface area contributed by atoms with Crippen LogP contribution in [0.25, 0.3) is 0 Å². The summed E-state index contributed by atoms with van der Waals surface area (Å²) in [6.45, 7) is 0.739. The number of sulfonamides is 1. The molecule has 28 heavy (non-hydrogen) atoms. The number of rotatable bonds is 5. The molecule has 1 aliphatic heterocycles. The molecule has 1 N–H and O–H groups in total. The summed E-state index contributed by atoms with van der Waals surface area (Å²) >= 11 is 5.91. The maximum absolute atomic E-state index is 12.7.